The van der Waals surface area contributed by atoms with E-state index >= 15 is 0 Å². The van der Waals surface area contributed by atoms with E-state index in [1.54, 1.807) is 31.3 Å². The van der Waals surface area contributed by atoms with E-state index in [0.717, 1.165) is 11.3 Å². The Balaban J connectivity index is 1.85. The number of methoxy groups -OCH3 is 1. The van der Waals surface area contributed by atoms with Crippen molar-refractivity contribution in [1.29, 1.82) is 0 Å². The van der Waals surface area contributed by atoms with Crippen LogP contribution in [0.2, 0.25) is 0 Å². The number of carbonyl (C=O) groups excluding carboxylic acids is 2. The Hall–Kier alpha value is -3.06. The largest absolute Gasteiger partial charge is 0.493 e. The summed E-state index contributed by atoms with van der Waals surface area (Å²) in [6.07, 6.45) is 1.82. The fourth-order valence-corrected chi connectivity index (χ4v) is 3.56. The number of amides is 1. The highest BCUT2D eigenvalue weighted by Crippen LogP contribution is 2.34. The van der Waals surface area contributed by atoms with Gasteiger partial charge in [-0.15, -0.1) is 0 Å². The van der Waals surface area contributed by atoms with Gasteiger partial charge in [0.25, 0.3) is 5.91 Å². The van der Waals surface area contributed by atoms with E-state index < -0.39 is 5.97 Å². The highest BCUT2D eigenvalue weighted by molar-refractivity contribution is 8.18. The second kappa shape index (κ2) is 8.75. The van der Waals surface area contributed by atoms with Crippen LogP contribution in [-0.4, -0.2) is 42.7 Å². The molecule has 0 radical (unpaired) electrons. The van der Waals surface area contributed by atoms with Gasteiger partial charge < -0.3 is 9.47 Å². The Morgan fingerprint density at radius 3 is 2.57 bits per heavy atom. The summed E-state index contributed by atoms with van der Waals surface area (Å²) in [6.45, 7) is 2.47. The fourth-order valence-electron chi connectivity index (χ4n) is 2.58. The number of hydrogen-bond acceptors (Lipinski definition) is 6. The van der Waals surface area contributed by atoms with E-state index in [9.17, 15) is 9.59 Å². The number of aliphatic imine (C=N–C) groups is 1. The number of benzene rings is 2. The molecule has 0 spiro atoms. The summed E-state index contributed by atoms with van der Waals surface area (Å²) >= 11 is 1.30. The smallest absolute Gasteiger partial charge is 0.337 e. The van der Waals surface area contributed by atoms with E-state index in [1.807, 2.05) is 37.3 Å². The number of para-hydroxylation sites is 1. The van der Waals surface area contributed by atoms with Crippen LogP contribution in [-0.2, 0) is 9.53 Å². The molecule has 28 heavy (non-hydrogen) atoms. The Bertz CT molecular complexity index is 951. The summed E-state index contributed by atoms with van der Waals surface area (Å²) in [4.78, 5) is 30.7. The average molecular weight is 396 g/mol. The summed E-state index contributed by atoms with van der Waals surface area (Å²) in [6, 6.07) is 14.3. The number of hydrogen-bond donors (Lipinski definition) is 0. The minimum Gasteiger partial charge on any atom is -0.493 e. The standard InChI is InChI=1S/C21H20N2O4S/c1-4-27-17-8-6-5-7-15(17)13-18-19(24)23(2)21(28-18)22-16-11-9-14(10-12-16)20(25)26-3/h5-13H,4H2,1-3H3. The molecule has 2 aromatic carbocycles. The topological polar surface area (TPSA) is 68.2 Å². The van der Waals surface area contributed by atoms with Crippen molar-refractivity contribution in [3.05, 3.63) is 64.6 Å². The Morgan fingerprint density at radius 1 is 1.18 bits per heavy atom. The van der Waals surface area contributed by atoms with Crippen LogP contribution in [0.4, 0.5) is 5.69 Å². The zero-order valence-electron chi connectivity index (χ0n) is 15.8. The van der Waals surface area contributed by atoms with Crippen molar-refractivity contribution in [1.82, 2.24) is 4.90 Å². The van der Waals surface area contributed by atoms with E-state index in [1.165, 1.54) is 23.8 Å². The molecule has 0 aliphatic carbocycles. The molecular weight excluding hydrogens is 376 g/mol. The van der Waals surface area contributed by atoms with Crippen LogP contribution >= 0.6 is 11.8 Å². The third kappa shape index (κ3) is 4.26. The fraction of sp³-hybridized carbons (Fsp3) is 0.190. The number of nitrogens with zero attached hydrogens (tertiary/aromatic N) is 2. The summed E-state index contributed by atoms with van der Waals surface area (Å²) in [5.41, 5.74) is 1.94. The Kier molecular flexibility index (Phi) is 6.16. The van der Waals surface area contributed by atoms with Crippen molar-refractivity contribution in [2.45, 2.75) is 6.92 Å². The normalized spacial score (nSPS) is 16.7. The second-order valence-electron chi connectivity index (χ2n) is 5.88. The van der Waals surface area contributed by atoms with Crippen molar-refractivity contribution < 1.29 is 19.1 Å². The SMILES string of the molecule is CCOc1ccccc1C=C1SC(=Nc2ccc(C(=O)OC)cc2)N(C)C1=O. The predicted molar refractivity (Wildman–Crippen MR) is 111 cm³/mol. The number of amidine groups is 1. The van der Waals surface area contributed by atoms with E-state index in [2.05, 4.69) is 9.73 Å². The monoisotopic (exact) mass is 396 g/mol. The molecule has 1 fully saturated rings. The van der Waals surface area contributed by atoms with Gasteiger partial charge in [0.15, 0.2) is 5.17 Å². The zero-order valence-corrected chi connectivity index (χ0v) is 16.7. The van der Waals surface area contributed by atoms with Crippen LogP contribution < -0.4 is 4.74 Å². The van der Waals surface area contributed by atoms with Gasteiger partial charge in [0.1, 0.15) is 5.75 Å². The van der Waals surface area contributed by atoms with E-state index in [4.69, 9.17) is 4.74 Å². The van der Waals surface area contributed by atoms with Gasteiger partial charge in [0, 0.05) is 12.6 Å². The molecule has 1 aliphatic rings. The summed E-state index contributed by atoms with van der Waals surface area (Å²) in [5, 5.41) is 0.566. The molecule has 3 rings (SSSR count). The van der Waals surface area contributed by atoms with Crippen LogP contribution in [0.1, 0.15) is 22.8 Å². The summed E-state index contributed by atoms with van der Waals surface area (Å²) < 4.78 is 10.3. The van der Waals surface area contributed by atoms with Gasteiger partial charge >= 0.3 is 5.97 Å². The van der Waals surface area contributed by atoms with Crippen LogP contribution in [0.25, 0.3) is 6.08 Å². The van der Waals surface area contributed by atoms with Crippen molar-refractivity contribution in [3.63, 3.8) is 0 Å². The summed E-state index contributed by atoms with van der Waals surface area (Å²) in [7, 11) is 3.02. The van der Waals surface area contributed by atoms with E-state index in [0.29, 0.717) is 27.9 Å². The molecule has 0 atom stereocenters. The third-order valence-electron chi connectivity index (χ3n) is 4.02. The van der Waals surface area contributed by atoms with Crippen LogP contribution in [0.15, 0.2) is 58.4 Å². The Morgan fingerprint density at radius 2 is 1.89 bits per heavy atom. The van der Waals surface area contributed by atoms with Gasteiger partial charge in [-0.2, -0.15) is 0 Å². The maximum atomic E-state index is 12.6. The van der Waals surface area contributed by atoms with Gasteiger partial charge in [-0.05, 0) is 55.1 Å². The molecule has 144 valence electrons. The molecule has 6 nitrogen and oxygen atoms in total. The van der Waals surface area contributed by atoms with Crippen molar-refractivity contribution >= 4 is 40.6 Å². The molecule has 0 bridgehead atoms. The minimum absolute atomic E-state index is 0.124. The van der Waals surface area contributed by atoms with Gasteiger partial charge in [-0.25, -0.2) is 9.79 Å². The molecule has 0 aromatic heterocycles. The first-order valence-corrected chi connectivity index (χ1v) is 9.51. The lowest BCUT2D eigenvalue weighted by Crippen LogP contribution is -2.23. The van der Waals surface area contributed by atoms with Gasteiger partial charge in [0.2, 0.25) is 0 Å². The number of esters is 1. The quantitative estimate of drug-likeness (QED) is 0.562. The van der Waals surface area contributed by atoms with Gasteiger partial charge in [0.05, 0.1) is 29.9 Å². The molecule has 1 amide bonds. The summed E-state index contributed by atoms with van der Waals surface area (Å²) in [5.74, 6) is 0.207. The molecule has 2 aromatic rings. The molecule has 1 saturated heterocycles. The van der Waals surface area contributed by atoms with Gasteiger partial charge in [-0.1, -0.05) is 18.2 Å². The maximum Gasteiger partial charge on any atom is 0.337 e. The average Bonchev–Trinajstić information content (AvgIpc) is 2.97. The van der Waals surface area contributed by atoms with Crippen LogP contribution in [0, 0.1) is 0 Å². The van der Waals surface area contributed by atoms with Crippen molar-refractivity contribution in [2.75, 3.05) is 20.8 Å². The molecule has 1 aliphatic heterocycles. The Labute approximate surface area is 167 Å². The molecule has 0 unspecified atom stereocenters. The number of ether oxygens (including phenoxy) is 2. The minimum atomic E-state index is -0.403. The number of carbonyl (C=O) groups is 2. The lowest BCUT2D eigenvalue weighted by atomic mass is 10.2. The van der Waals surface area contributed by atoms with Crippen molar-refractivity contribution in [3.8, 4) is 5.75 Å². The second-order valence-corrected chi connectivity index (χ2v) is 6.89. The van der Waals surface area contributed by atoms with Crippen LogP contribution in [0.3, 0.4) is 0 Å². The molecule has 1 heterocycles. The maximum absolute atomic E-state index is 12.6. The van der Waals surface area contributed by atoms with Gasteiger partial charge in [-0.3, -0.25) is 9.69 Å². The molecule has 7 heteroatoms. The third-order valence-corrected chi connectivity index (χ3v) is 5.08. The first-order chi connectivity index (χ1) is 13.5. The predicted octanol–water partition coefficient (Wildman–Crippen LogP) is 4.11. The van der Waals surface area contributed by atoms with Crippen LogP contribution in [0.5, 0.6) is 5.75 Å². The number of rotatable bonds is 5. The number of likely N-dealkylation sites (N-methyl/N-ethyl adjacent to an activating group) is 1. The lowest BCUT2D eigenvalue weighted by molar-refractivity contribution is -0.121. The number of thioether (sulfide) groups is 1. The van der Waals surface area contributed by atoms with Crippen molar-refractivity contribution in [2.24, 2.45) is 4.99 Å². The van der Waals surface area contributed by atoms with E-state index in [-0.39, 0.29) is 5.91 Å². The highest BCUT2D eigenvalue weighted by Gasteiger charge is 2.30. The molecule has 0 saturated carbocycles. The molecule has 0 N–H and O–H groups in total. The highest BCUT2D eigenvalue weighted by atomic mass is 32.2. The molecular formula is C21H20N2O4S. The zero-order chi connectivity index (χ0) is 20.1. The first kappa shape index (κ1) is 19.7. The lowest BCUT2D eigenvalue weighted by Gasteiger charge is -2.07. The first-order valence-electron chi connectivity index (χ1n) is 8.70.